The number of amides is 1. The van der Waals surface area contributed by atoms with Crippen LogP contribution < -0.4 is 5.32 Å². The summed E-state index contributed by atoms with van der Waals surface area (Å²) < 4.78 is 5.40. The standard InChI is InChI=1S/C15H18N2O2/c1-10-4-6-13(7-5-10)8-15(18)16-9-14-11(2)17-12(3)19-14/h4-7H,8-9H2,1-3H3,(H,16,18). The van der Waals surface area contributed by atoms with Crippen molar-refractivity contribution < 1.29 is 9.21 Å². The molecule has 0 bridgehead atoms. The summed E-state index contributed by atoms with van der Waals surface area (Å²) in [5.74, 6) is 1.33. The average molecular weight is 258 g/mol. The Bertz CT molecular complexity index is 570. The summed E-state index contributed by atoms with van der Waals surface area (Å²) in [5, 5.41) is 2.84. The molecule has 0 saturated carbocycles. The number of hydrogen-bond donors (Lipinski definition) is 1. The maximum absolute atomic E-state index is 11.8. The van der Waals surface area contributed by atoms with Crippen molar-refractivity contribution in [1.82, 2.24) is 10.3 Å². The van der Waals surface area contributed by atoms with E-state index < -0.39 is 0 Å². The zero-order valence-corrected chi connectivity index (χ0v) is 11.5. The summed E-state index contributed by atoms with van der Waals surface area (Å²) in [7, 11) is 0. The predicted octanol–water partition coefficient (Wildman–Crippen LogP) is 2.46. The largest absolute Gasteiger partial charge is 0.444 e. The quantitative estimate of drug-likeness (QED) is 0.916. The van der Waals surface area contributed by atoms with Crippen LogP contribution in [0.15, 0.2) is 28.7 Å². The van der Waals surface area contributed by atoms with E-state index in [0.717, 1.165) is 17.0 Å². The first-order chi connectivity index (χ1) is 9.04. The second-order valence-corrected chi connectivity index (χ2v) is 4.68. The maximum Gasteiger partial charge on any atom is 0.224 e. The van der Waals surface area contributed by atoms with Crippen molar-refractivity contribution in [2.75, 3.05) is 0 Å². The molecule has 0 radical (unpaired) electrons. The molecular weight excluding hydrogens is 240 g/mol. The van der Waals surface area contributed by atoms with Crippen LogP contribution in [0, 0.1) is 20.8 Å². The second-order valence-electron chi connectivity index (χ2n) is 4.68. The minimum Gasteiger partial charge on any atom is -0.444 e. The van der Waals surface area contributed by atoms with Crippen molar-refractivity contribution in [3.8, 4) is 0 Å². The molecule has 100 valence electrons. The Morgan fingerprint density at radius 1 is 1.21 bits per heavy atom. The molecule has 1 heterocycles. The molecule has 0 unspecified atom stereocenters. The van der Waals surface area contributed by atoms with E-state index in [0.29, 0.717) is 18.9 Å². The number of aryl methyl sites for hydroxylation is 3. The third-order valence-corrected chi connectivity index (χ3v) is 2.93. The van der Waals surface area contributed by atoms with Crippen molar-refractivity contribution in [3.05, 3.63) is 52.7 Å². The lowest BCUT2D eigenvalue weighted by Gasteiger charge is -2.04. The van der Waals surface area contributed by atoms with Crippen LogP contribution in [-0.2, 0) is 17.8 Å². The van der Waals surface area contributed by atoms with Gasteiger partial charge in [0.05, 0.1) is 18.7 Å². The first-order valence-corrected chi connectivity index (χ1v) is 6.30. The highest BCUT2D eigenvalue weighted by atomic mass is 16.4. The molecule has 0 fully saturated rings. The fourth-order valence-corrected chi connectivity index (χ4v) is 1.87. The number of carbonyl (C=O) groups is 1. The number of nitrogens with zero attached hydrogens (tertiary/aromatic N) is 1. The van der Waals surface area contributed by atoms with Gasteiger partial charge in [-0.3, -0.25) is 4.79 Å². The maximum atomic E-state index is 11.8. The Labute approximate surface area is 112 Å². The van der Waals surface area contributed by atoms with Crippen molar-refractivity contribution in [1.29, 1.82) is 0 Å². The zero-order valence-electron chi connectivity index (χ0n) is 11.5. The molecule has 0 saturated heterocycles. The van der Waals surface area contributed by atoms with Crippen LogP contribution in [0.5, 0.6) is 0 Å². The van der Waals surface area contributed by atoms with Crippen LogP contribution in [0.1, 0.15) is 28.5 Å². The molecule has 2 rings (SSSR count). The summed E-state index contributed by atoms with van der Waals surface area (Å²) in [6.45, 7) is 6.08. The van der Waals surface area contributed by atoms with Gasteiger partial charge in [-0.1, -0.05) is 29.8 Å². The molecule has 0 aliphatic heterocycles. The van der Waals surface area contributed by atoms with Crippen LogP contribution in [-0.4, -0.2) is 10.9 Å². The normalized spacial score (nSPS) is 10.5. The van der Waals surface area contributed by atoms with Gasteiger partial charge in [-0.05, 0) is 19.4 Å². The van der Waals surface area contributed by atoms with Gasteiger partial charge in [0.2, 0.25) is 5.91 Å². The molecule has 1 amide bonds. The van der Waals surface area contributed by atoms with Gasteiger partial charge in [-0.25, -0.2) is 4.98 Å². The predicted molar refractivity (Wildman–Crippen MR) is 72.7 cm³/mol. The first-order valence-electron chi connectivity index (χ1n) is 6.30. The third kappa shape index (κ3) is 3.68. The average Bonchev–Trinajstić information content (AvgIpc) is 2.68. The number of rotatable bonds is 4. The van der Waals surface area contributed by atoms with E-state index in [-0.39, 0.29) is 5.91 Å². The lowest BCUT2D eigenvalue weighted by atomic mass is 10.1. The van der Waals surface area contributed by atoms with E-state index in [4.69, 9.17) is 4.42 Å². The SMILES string of the molecule is Cc1ccc(CC(=O)NCc2oc(C)nc2C)cc1. The molecule has 0 spiro atoms. The highest BCUT2D eigenvalue weighted by Gasteiger charge is 2.09. The summed E-state index contributed by atoms with van der Waals surface area (Å²) in [4.78, 5) is 16.0. The monoisotopic (exact) mass is 258 g/mol. The van der Waals surface area contributed by atoms with Crippen LogP contribution in [0.2, 0.25) is 0 Å². The fourth-order valence-electron chi connectivity index (χ4n) is 1.87. The number of nitrogens with one attached hydrogen (secondary N) is 1. The molecule has 0 aliphatic rings. The number of oxazole rings is 1. The van der Waals surface area contributed by atoms with E-state index in [1.807, 2.05) is 38.1 Å². The van der Waals surface area contributed by atoms with Gasteiger partial charge in [-0.2, -0.15) is 0 Å². The van der Waals surface area contributed by atoms with E-state index in [1.54, 1.807) is 6.92 Å². The summed E-state index contributed by atoms with van der Waals surface area (Å²) in [6, 6.07) is 7.96. The minimum atomic E-state index is -0.0164. The van der Waals surface area contributed by atoms with E-state index >= 15 is 0 Å². The Morgan fingerprint density at radius 3 is 2.47 bits per heavy atom. The molecule has 1 aromatic heterocycles. The molecule has 19 heavy (non-hydrogen) atoms. The topological polar surface area (TPSA) is 55.1 Å². The third-order valence-electron chi connectivity index (χ3n) is 2.93. The van der Waals surface area contributed by atoms with Crippen molar-refractivity contribution in [2.24, 2.45) is 0 Å². The summed E-state index contributed by atoms with van der Waals surface area (Å²) in [6.07, 6.45) is 0.381. The lowest BCUT2D eigenvalue weighted by Crippen LogP contribution is -2.24. The second kappa shape index (κ2) is 5.69. The van der Waals surface area contributed by atoms with Gasteiger partial charge in [0, 0.05) is 6.92 Å². The molecule has 1 N–H and O–H groups in total. The van der Waals surface area contributed by atoms with E-state index in [1.165, 1.54) is 5.56 Å². The van der Waals surface area contributed by atoms with Gasteiger partial charge in [0.25, 0.3) is 0 Å². The zero-order chi connectivity index (χ0) is 13.8. The fraction of sp³-hybridized carbons (Fsp3) is 0.333. The molecule has 1 aromatic carbocycles. The number of aromatic nitrogens is 1. The van der Waals surface area contributed by atoms with Gasteiger partial charge < -0.3 is 9.73 Å². The molecule has 0 aliphatic carbocycles. The molecular formula is C15H18N2O2. The molecule has 4 heteroatoms. The Balaban J connectivity index is 1.88. The van der Waals surface area contributed by atoms with Gasteiger partial charge in [-0.15, -0.1) is 0 Å². The lowest BCUT2D eigenvalue weighted by molar-refractivity contribution is -0.120. The van der Waals surface area contributed by atoms with Crippen molar-refractivity contribution >= 4 is 5.91 Å². The number of hydrogen-bond acceptors (Lipinski definition) is 3. The molecule has 0 atom stereocenters. The Hall–Kier alpha value is -2.10. The van der Waals surface area contributed by atoms with Gasteiger partial charge in [0.15, 0.2) is 5.89 Å². The van der Waals surface area contributed by atoms with Crippen molar-refractivity contribution in [3.63, 3.8) is 0 Å². The van der Waals surface area contributed by atoms with Crippen LogP contribution in [0.25, 0.3) is 0 Å². The number of benzene rings is 1. The van der Waals surface area contributed by atoms with Crippen LogP contribution in [0.4, 0.5) is 0 Å². The smallest absolute Gasteiger partial charge is 0.224 e. The van der Waals surface area contributed by atoms with Crippen LogP contribution in [0.3, 0.4) is 0 Å². The molecule has 2 aromatic rings. The van der Waals surface area contributed by atoms with Gasteiger partial charge in [0.1, 0.15) is 5.76 Å². The van der Waals surface area contributed by atoms with Crippen LogP contribution >= 0.6 is 0 Å². The highest BCUT2D eigenvalue weighted by molar-refractivity contribution is 5.78. The number of carbonyl (C=O) groups excluding carboxylic acids is 1. The van der Waals surface area contributed by atoms with E-state index in [9.17, 15) is 4.79 Å². The van der Waals surface area contributed by atoms with E-state index in [2.05, 4.69) is 10.3 Å². The Morgan fingerprint density at radius 2 is 1.89 bits per heavy atom. The van der Waals surface area contributed by atoms with Gasteiger partial charge >= 0.3 is 0 Å². The molecule has 4 nitrogen and oxygen atoms in total. The summed E-state index contributed by atoms with van der Waals surface area (Å²) >= 11 is 0. The van der Waals surface area contributed by atoms with Crippen molar-refractivity contribution in [2.45, 2.75) is 33.7 Å². The minimum absolute atomic E-state index is 0.0164. The summed E-state index contributed by atoms with van der Waals surface area (Å²) in [5.41, 5.74) is 3.03. The Kier molecular flexibility index (Phi) is 4.00. The highest BCUT2D eigenvalue weighted by Crippen LogP contribution is 2.09. The first kappa shape index (κ1) is 13.3.